The summed E-state index contributed by atoms with van der Waals surface area (Å²) in [7, 11) is 0. The molecule has 0 N–H and O–H groups in total. The fourth-order valence-electron chi connectivity index (χ4n) is 10.8. The quantitative estimate of drug-likeness (QED) is 0.174. The van der Waals surface area contributed by atoms with Gasteiger partial charge in [-0.1, -0.05) is 147 Å². The number of para-hydroxylation sites is 2. The zero-order valence-corrected chi connectivity index (χ0v) is 30.6. The Labute approximate surface area is 319 Å². The van der Waals surface area contributed by atoms with E-state index in [2.05, 4.69) is 193 Å². The first-order chi connectivity index (χ1) is 27.1. The molecule has 0 fully saturated rings. The number of benzene rings is 9. The second-order valence-corrected chi connectivity index (χ2v) is 16.0. The van der Waals surface area contributed by atoms with E-state index in [4.69, 9.17) is 0 Å². The van der Waals surface area contributed by atoms with Crippen molar-refractivity contribution in [1.82, 2.24) is 4.57 Å². The van der Waals surface area contributed by atoms with E-state index < -0.39 is 0 Å². The molecule has 0 radical (unpaired) electrons. The lowest BCUT2D eigenvalue weighted by molar-refractivity contribution is 0.638. The smallest absolute Gasteiger partial charge is 0.0545 e. The van der Waals surface area contributed by atoms with Gasteiger partial charge in [-0.3, -0.25) is 0 Å². The minimum Gasteiger partial charge on any atom is -0.309 e. The molecule has 9 aromatic carbocycles. The zero-order chi connectivity index (χ0) is 36.2. The molecular formula is C53H34N2. The lowest BCUT2D eigenvalue weighted by Gasteiger charge is -2.43. The van der Waals surface area contributed by atoms with E-state index in [1.165, 1.54) is 122 Å². The van der Waals surface area contributed by atoms with Crippen molar-refractivity contribution < 1.29 is 0 Å². The number of aromatic nitrogens is 1. The van der Waals surface area contributed by atoms with Crippen molar-refractivity contribution in [3.05, 3.63) is 181 Å². The van der Waals surface area contributed by atoms with Crippen LogP contribution in [0.25, 0.3) is 93.5 Å². The molecule has 2 heteroatoms. The van der Waals surface area contributed by atoms with Gasteiger partial charge in [0.15, 0.2) is 0 Å². The summed E-state index contributed by atoms with van der Waals surface area (Å²) in [5.41, 5.74) is 20.4. The van der Waals surface area contributed by atoms with Gasteiger partial charge in [-0.2, -0.15) is 0 Å². The van der Waals surface area contributed by atoms with Gasteiger partial charge in [0.05, 0.1) is 33.8 Å². The summed E-state index contributed by atoms with van der Waals surface area (Å²) >= 11 is 0. The van der Waals surface area contributed by atoms with Crippen LogP contribution in [0.1, 0.15) is 25.0 Å². The average Bonchev–Trinajstić information content (AvgIpc) is 3.86. The van der Waals surface area contributed by atoms with E-state index >= 15 is 0 Å². The van der Waals surface area contributed by atoms with Gasteiger partial charge in [0.25, 0.3) is 0 Å². The van der Waals surface area contributed by atoms with Crippen molar-refractivity contribution in [3.63, 3.8) is 0 Å². The van der Waals surface area contributed by atoms with Crippen molar-refractivity contribution >= 4 is 60.4 Å². The second kappa shape index (κ2) is 10.2. The lowest BCUT2D eigenvalue weighted by Crippen LogP contribution is -2.31. The maximum absolute atomic E-state index is 2.56. The molecule has 1 aliphatic heterocycles. The monoisotopic (exact) mass is 698 g/mol. The number of nitrogens with zero attached hydrogens (tertiary/aromatic N) is 2. The topological polar surface area (TPSA) is 8.17 Å². The number of anilines is 3. The van der Waals surface area contributed by atoms with Gasteiger partial charge in [0, 0.05) is 27.0 Å². The molecule has 0 bridgehead atoms. The molecule has 1 aromatic heterocycles. The van der Waals surface area contributed by atoms with Crippen LogP contribution in [-0.4, -0.2) is 4.57 Å². The van der Waals surface area contributed by atoms with Crippen LogP contribution in [0, 0.1) is 0 Å². The number of rotatable bonds is 2. The minimum atomic E-state index is -0.272. The van der Waals surface area contributed by atoms with Gasteiger partial charge in [-0.05, 0) is 103 Å². The molecule has 0 amide bonds. The first kappa shape index (κ1) is 29.5. The molecular weight excluding hydrogens is 665 g/mol. The Morgan fingerprint density at radius 2 is 0.818 bits per heavy atom. The van der Waals surface area contributed by atoms with E-state index in [0.717, 1.165) is 0 Å². The normalized spacial score (nSPS) is 14.1. The molecule has 13 rings (SSSR count). The van der Waals surface area contributed by atoms with Crippen molar-refractivity contribution in [1.29, 1.82) is 0 Å². The van der Waals surface area contributed by atoms with Crippen LogP contribution in [0.5, 0.6) is 0 Å². The summed E-state index contributed by atoms with van der Waals surface area (Å²) in [4.78, 5) is 2.56. The summed E-state index contributed by atoms with van der Waals surface area (Å²) in [6.45, 7) is 4.85. The van der Waals surface area contributed by atoms with Crippen LogP contribution in [0.15, 0.2) is 170 Å². The molecule has 2 heterocycles. The molecule has 10 aromatic rings. The van der Waals surface area contributed by atoms with E-state index in [1.54, 1.807) is 0 Å². The summed E-state index contributed by atoms with van der Waals surface area (Å²) < 4.78 is 2.54. The molecule has 256 valence electrons. The molecule has 3 aliphatic rings. The summed E-state index contributed by atoms with van der Waals surface area (Å²) in [6, 6.07) is 63.7. The average molecular weight is 699 g/mol. The highest BCUT2D eigenvalue weighted by Crippen LogP contribution is 2.58. The summed E-state index contributed by atoms with van der Waals surface area (Å²) in [5, 5.41) is 7.86. The molecule has 0 saturated heterocycles. The third-order valence-electron chi connectivity index (χ3n) is 13.0. The Bertz CT molecular complexity index is 3300. The van der Waals surface area contributed by atoms with Crippen molar-refractivity contribution in [2.75, 3.05) is 4.90 Å². The van der Waals surface area contributed by atoms with Gasteiger partial charge < -0.3 is 9.47 Å². The van der Waals surface area contributed by atoms with Gasteiger partial charge in [-0.25, -0.2) is 0 Å². The summed E-state index contributed by atoms with van der Waals surface area (Å²) in [5.74, 6) is 0. The van der Waals surface area contributed by atoms with Crippen molar-refractivity contribution in [3.8, 4) is 50.2 Å². The maximum Gasteiger partial charge on any atom is 0.0545 e. The van der Waals surface area contributed by atoms with Crippen LogP contribution >= 0.6 is 0 Å². The molecule has 0 atom stereocenters. The zero-order valence-electron chi connectivity index (χ0n) is 30.6. The Hall–Kier alpha value is -6.90. The SMILES string of the molecule is CC1(C)c2ccccc2N(c2ccc3c4c(cccc24)-c2ccccc2-3)c2ccc3c(c21)c1ccccc1n3-c1ccc2c3c(cccc13)-c1ccccc1-2. The number of fused-ring (bicyclic) bond motifs is 12. The molecule has 0 spiro atoms. The first-order valence-electron chi connectivity index (χ1n) is 19.4. The minimum absolute atomic E-state index is 0.272. The molecule has 55 heavy (non-hydrogen) atoms. The van der Waals surface area contributed by atoms with Gasteiger partial charge in [0.1, 0.15) is 0 Å². The highest BCUT2D eigenvalue weighted by molar-refractivity contribution is 6.22. The number of hydrogen-bond donors (Lipinski definition) is 0. The Balaban J connectivity index is 1.12. The van der Waals surface area contributed by atoms with E-state index in [-0.39, 0.29) is 5.41 Å². The van der Waals surface area contributed by atoms with Crippen LogP contribution in [0.4, 0.5) is 17.1 Å². The highest BCUT2D eigenvalue weighted by atomic mass is 15.2. The fraction of sp³-hybridized carbons (Fsp3) is 0.0566. The van der Waals surface area contributed by atoms with E-state index in [0.29, 0.717) is 0 Å². The summed E-state index contributed by atoms with van der Waals surface area (Å²) in [6.07, 6.45) is 0. The van der Waals surface area contributed by atoms with E-state index in [1.807, 2.05) is 0 Å². The Morgan fingerprint density at radius 1 is 0.327 bits per heavy atom. The largest absolute Gasteiger partial charge is 0.309 e. The van der Waals surface area contributed by atoms with Crippen molar-refractivity contribution in [2.45, 2.75) is 19.3 Å². The Kier molecular flexibility index (Phi) is 5.47. The van der Waals surface area contributed by atoms with Crippen LogP contribution in [0.3, 0.4) is 0 Å². The third-order valence-corrected chi connectivity index (χ3v) is 13.0. The van der Waals surface area contributed by atoms with Gasteiger partial charge in [0.2, 0.25) is 0 Å². The molecule has 0 unspecified atom stereocenters. The van der Waals surface area contributed by atoms with Gasteiger partial charge >= 0.3 is 0 Å². The first-order valence-corrected chi connectivity index (χ1v) is 19.4. The Morgan fingerprint density at radius 3 is 1.49 bits per heavy atom. The van der Waals surface area contributed by atoms with Gasteiger partial charge in [-0.15, -0.1) is 0 Å². The highest BCUT2D eigenvalue weighted by Gasteiger charge is 2.40. The molecule has 0 saturated carbocycles. The predicted molar refractivity (Wildman–Crippen MR) is 231 cm³/mol. The van der Waals surface area contributed by atoms with Crippen LogP contribution in [0.2, 0.25) is 0 Å². The molecule has 2 nitrogen and oxygen atoms in total. The second-order valence-electron chi connectivity index (χ2n) is 16.0. The fourth-order valence-corrected chi connectivity index (χ4v) is 10.8. The standard InChI is InChI=1S/C53H34N2/c1-53(2)42-22-8-10-24-46(42)55(45-28-26-38-34-16-6-4-14-32(34)36-19-12-21-40(45)50(36)38)48-30-29-47-51(52(48)53)41-17-7-9-23-43(41)54(47)44-27-25-37-33-15-5-3-13-31(33)35-18-11-20-39(44)49(35)37/h3-30H,1-2H3. The molecule has 2 aliphatic carbocycles. The van der Waals surface area contributed by atoms with Crippen LogP contribution in [-0.2, 0) is 5.41 Å². The van der Waals surface area contributed by atoms with E-state index in [9.17, 15) is 0 Å². The maximum atomic E-state index is 2.56. The van der Waals surface area contributed by atoms with Crippen molar-refractivity contribution in [2.24, 2.45) is 0 Å². The third kappa shape index (κ3) is 3.56. The van der Waals surface area contributed by atoms with Crippen LogP contribution < -0.4 is 4.90 Å². The number of hydrogen-bond acceptors (Lipinski definition) is 1. The predicted octanol–water partition coefficient (Wildman–Crippen LogP) is 14.5. The lowest BCUT2D eigenvalue weighted by atomic mass is 9.72.